The number of hydrogen-bond donors (Lipinski definition) is 1. The van der Waals surface area contributed by atoms with Crippen LogP contribution in [0.2, 0.25) is 5.28 Å². The number of benzene rings is 2. The molecular formula is C32H37ClF2N6O2. The van der Waals surface area contributed by atoms with E-state index in [-0.39, 0.29) is 41.7 Å². The molecular weight excluding hydrogens is 574 g/mol. The Balaban J connectivity index is 1.41. The normalized spacial score (nSPS) is 21.7. The summed E-state index contributed by atoms with van der Waals surface area (Å²) in [5.41, 5.74) is 1.82. The molecule has 8 nitrogen and oxygen atoms in total. The Morgan fingerprint density at radius 3 is 2.21 bits per heavy atom. The second-order valence-electron chi connectivity index (χ2n) is 11.6. The average molecular weight is 611 g/mol. The Hall–Kier alpha value is -3.18. The molecule has 0 spiro atoms. The van der Waals surface area contributed by atoms with Crippen molar-refractivity contribution in [2.24, 2.45) is 0 Å². The number of piperazine rings is 1. The monoisotopic (exact) mass is 610 g/mol. The topological polar surface area (TPSA) is 79.5 Å². The van der Waals surface area contributed by atoms with E-state index in [2.05, 4.69) is 33.2 Å². The van der Waals surface area contributed by atoms with E-state index >= 15 is 0 Å². The third kappa shape index (κ3) is 5.39. The Labute approximate surface area is 255 Å². The van der Waals surface area contributed by atoms with Crippen LogP contribution in [0, 0.1) is 18.6 Å². The average Bonchev–Trinajstić information content (AvgIpc) is 3.63. The summed E-state index contributed by atoms with van der Waals surface area (Å²) in [6.45, 7) is 8.43. The summed E-state index contributed by atoms with van der Waals surface area (Å²) in [6, 6.07) is 12.3. The first kappa shape index (κ1) is 29.9. The number of fused-ring (bicyclic) bond motifs is 1. The summed E-state index contributed by atoms with van der Waals surface area (Å²) in [5, 5.41) is 11.3. The molecule has 4 aromatic rings. The zero-order valence-electron chi connectivity index (χ0n) is 24.7. The summed E-state index contributed by atoms with van der Waals surface area (Å²) < 4.78 is 36.1. The first-order valence-corrected chi connectivity index (χ1v) is 15.3. The SMILES string of the molecule is CC[C@@H]1CN(c2nc(Cl)nc3c2nc(C)n3C[C@@H]2CCCO2)[C@@H](C)CN1C(CO)(c1ccc(F)cc1)c1ccc(F)cc1. The van der Waals surface area contributed by atoms with Crippen LogP contribution in [0.15, 0.2) is 48.5 Å². The highest BCUT2D eigenvalue weighted by Crippen LogP contribution is 2.41. The van der Waals surface area contributed by atoms with E-state index in [1.807, 2.05) is 6.92 Å². The summed E-state index contributed by atoms with van der Waals surface area (Å²) in [5.74, 6) is 0.777. The van der Waals surface area contributed by atoms with Crippen LogP contribution in [0.3, 0.4) is 0 Å². The lowest BCUT2D eigenvalue weighted by Crippen LogP contribution is -2.65. The zero-order chi connectivity index (χ0) is 30.3. The number of nitrogens with zero attached hydrogens (tertiary/aromatic N) is 6. The fourth-order valence-electron chi connectivity index (χ4n) is 6.85. The minimum Gasteiger partial charge on any atom is -0.394 e. The summed E-state index contributed by atoms with van der Waals surface area (Å²) in [6.07, 6.45) is 2.91. The third-order valence-corrected chi connectivity index (χ3v) is 9.27. The minimum atomic E-state index is -1.03. The highest BCUT2D eigenvalue weighted by Gasteiger charge is 2.47. The molecule has 3 atom stereocenters. The van der Waals surface area contributed by atoms with Gasteiger partial charge >= 0.3 is 0 Å². The van der Waals surface area contributed by atoms with E-state index in [9.17, 15) is 13.9 Å². The van der Waals surface area contributed by atoms with Gasteiger partial charge in [0.15, 0.2) is 17.0 Å². The zero-order valence-corrected chi connectivity index (χ0v) is 25.4. The number of aliphatic hydroxyl groups is 1. The van der Waals surface area contributed by atoms with Gasteiger partial charge in [0.05, 0.1) is 24.8 Å². The molecule has 2 saturated heterocycles. The van der Waals surface area contributed by atoms with Crippen LogP contribution < -0.4 is 4.90 Å². The third-order valence-electron chi connectivity index (χ3n) is 9.10. The van der Waals surface area contributed by atoms with Crippen LogP contribution in [0.1, 0.15) is 50.1 Å². The molecule has 2 fully saturated rings. The van der Waals surface area contributed by atoms with Gasteiger partial charge in [0.2, 0.25) is 5.28 Å². The second kappa shape index (κ2) is 12.1. The lowest BCUT2D eigenvalue weighted by atomic mass is 9.79. The molecule has 6 rings (SSSR count). The number of ether oxygens (including phenoxy) is 1. The number of aromatic nitrogens is 4. The molecule has 0 unspecified atom stereocenters. The van der Waals surface area contributed by atoms with Gasteiger partial charge in [-0.15, -0.1) is 0 Å². The van der Waals surface area contributed by atoms with E-state index in [1.165, 1.54) is 24.3 Å². The standard InChI is InChI=1S/C32H37ClF2N6O2/c1-4-26-17-39(29-28-30(38-31(33)37-29)40(21(3)36-28)18-27-6-5-15-43-27)20(2)16-41(26)32(19-42,22-7-11-24(34)12-8-22)23-9-13-25(35)14-10-23/h7-14,20,26-27,42H,4-6,15-19H2,1-3H3/t20-,26+,27-/m0/s1. The highest BCUT2D eigenvalue weighted by molar-refractivity contribution is 6.28. The van der Waals surface area contributed by atoms with E-state index in [0.717, 1.165) is 42.8 Å². The first-order chi connectivity index (χ1) is 20.7. The molecule has 0 amide bonds. The fourth-order valence-corrected chi connectivity index (χ4v) is 7.01. The number of imidazole rings is 1. The molecule has 0 radical (unpaired) electrons. The van der Waals surface area contributed by atoms with Crippen molar-refractivity contribution in [2.45, 2.75) is 70.3 Å². The number of aryl methyl sites for hydroxylation is 1. The Bertz CT molecular complexity index is 1530. The van der Waals surface area contributed by atoms with Gasteiger partial charge in [0.1, 0.15) is 17.5 Å². The molecule has 2 aromatic heterocycles. The number of rotatable bonds is 8. The van der Waals surface area contributed by atoms with Gasteiger partial charge in [0.25, 0.3) is 0 Å². The summed E-state index contributed by atoms with van der Waals surface area (Å²) in [7, 11) is 0. The minimum absolute atomic E-state index is 0.0580. The highest BCUT2D eigenvalue weighted by atomic mass is 35.5. The fraction of sp³-hybridized carbons (Fsp3) is 0.469. The molecule has 11 heteroatoms. The van der Waals surface area contributed by atoms with Gasteiger partial charge in [-0.25, -0.2) is 13.8 Å². The predicted octanol–water partition coefficient (Wildman–Crippen LogP) is 5.47. The van der Waals surface area contributed by atoms with Crippen molar-refractivity contribution in [1.29, 1.82) is 0 Å². The van der Waals surface area contributed by atoms with E-state index < -0.39 is 5.54 Å². The number of hydrogen-bond acceptors (Lipinski definition) is 7. The van der Waals surface area contributed by atoms with Crippen LogP contribution in [-0.2, 0) is 16.8 Å². The lowest BCUT2D eigenvalue weighted by molar-refractivity contribution is 0.00380. The largest absolute Gasteiger partial charge is 0.394 e. The maximum absolute atomic E-state index is 14.1. The summed E-state index contributed by atoms with van der Waals surface area (Å²) in [4.78, 5) is 18.7. The first-order valence-electron chi connectivity index (χ1n) is 14.9. The lowest BCUT2D eigenvalue weighted by Gasteiger charge is -2.54. The molecule has 0 saturated carbocycles. The maximum Gasteiger partial charge on any atom is 0.226 e. The maximum atomic E-state index is 14.1. The van der Waals surface area contributed by atoms with Gasteiger partial charge in [-0.2, -0.15) is 9.97 Å². The van der Waals surface area contributed by atoms with E-state index in [4.69, 9.17) is 26.3 Å². The van der Waals surface area contributed by atoms with E-state index in [1.54, 1.807) is 24.3 Å². The van der Waals surface area contributed by atoms with Crippen LogP contribution >= 0.6 is 11.6 Å². The van der Waals surface area contributed by atoms with Gasteiger partial charge < -0.3 is 19.3 Å². The smallest absolute Gasteiger partial charge is 0.226 e. The quantitative estimate of drug-likeness (QED) is 0.265. The van der Waals surface area contributed by atoms with Gasteiger partial charge in [-0.3, -0.25) is 4.90 Å². The van der Waals surface area contributed by atoms with E-state index in [0.29, 0.717) is 36.6 Å². The van der Waals surface area contributed by atoms with Crippen molar-refractivity contribution in [3.05, 3.63) is 82.4 Å². The Morgan fingerprint density at radius 2 is 1.65 bits per heavy atom. The van der Waals surface area contributed by atoms with Gasteiger partial charge in [-0.05, 0) is 80.1 Å². The molecule has 2 aromatic carbocycles. The van der Waals surface area contributed by atoms with Crippen molar-refractivity contribution in [2.75, 3.05) is 31.2 Å². The van der Waals surface area contributed by atoms with Crippen molar-refractivity contribution < 1.29 is 18.6 Å². The number of halogens is 3. The molecule has 228 valence electrons. The molecule has 2 aliphatic heterocycles. The van der Waals surface area contributed by atoms with Crippen molar-refractivity contribution in [3.8, 4) is 0 Å². The number of aliphatic hydroxyl groups excluding tert-OH is 1. The Morgan fingerprint density at radius 1 is 1.00 bits per heavy atom. The van der Waals surface area contributed by atoms with Crippen LogP contribution in [0.4, 0.5) is 14.6 Å². The van der Waals surface area contributed by atoms with Crippen LogP contribution in [0.25, 0.3) is 11.2 Å². The van der Waals surface area contributed by atoms with Gasteiger partial charge in [0, 0.05) is 31.8 Å². The van der Waals surface area contributed by atoms with Crippen molar-refractivity contribution in [1.82, 2.24) is 24.4 Å². The van der Waals surface area contributed by atoms with Crippen molar-refractivity contribution >= 4 is 28.6 Å². The summed E-state index contributed by atoms with van der Waals surface area (Å²) >= 11 is 6.54. The van der Waals surface area contributed by atoms with Gasteiger partial charge in [-0.1, -0.05) is 31.2 Å². The molecule has 0 aliphatic carbocycles. The molecule has 0 bridgehead atoms. The molecule has 43 heavy (non-hydrogen) atoms. The molecule has 4 heterocycles. The molecule has 2 aliphatic rings. The predicted molar refractivity (Wildman–Crippen MR) is 162 cm³/mol. The van der Waals surface area contributed by atoms with Crippen LogP contribution in [0.5, 0.6) is 0 Å². The van der Waals surface area contributed by atoms with Crippen LogP contribution in [-0.4, -0.2) is 74.0 Å². The Kier molecular flexibility index (Phi) is 8.39. The second-order valence-corrected chi connectivity index (χ2v) is 12.0. The molecule has 1 N–H and O–H groups in total. The van der Waals surface area contributed by atoms with Crippen molar-refractivity contribution in [3.63, 3.8) is 0 Å². The number of anilines is 1.